The normalized spacial score (nSPS) is 13.1. The Labute approximate surface area is 460 Å². The number of nitrogens with zero attached hydrogens (tertiary/aromatic N) is 3. The highest BCUT2D eigenvalue weighted by Crippen LogP contribution is 2.35. The van der Waals surface area contributed by atoms with Crippen LogP contribution >= 0.6 is 15.9 Å². The molecule has 19 nitrogen and oxygen atoms in total. The van der Waals surface area contributed by atoms with E-state index in [2.05, 4.69) is 47.6 Å². The highest BCUT2D eigenvalue weighted by atomic mass is 79.9. The molecule has 9 rings (SSSR count). The number of aliphatic carboxylic acids is 1. The number of H-pyrrole nitrogens is 1. The van der Waals surface area contributed by atoms with Crippen LogP contribution in [0.2, 0.25) is 0 Å². The van der Waals surface area contributed by atoms with E-state index in [1.807, 2.05) is 72.6 Å². The van der Waals surface area contributed by atoms with E-state index in [4.69, 9.17) is 45.0 Å². The zero-order chi connectivity index (χ0) is 55.6. The molecule has 0 bridgehead atoms. The number of aromatic amines is 1. The first-order valence-corrected chi connectivity index (χ1v) is 26.0. The van der Waals surface area contributed by atoms with Crippen LogP contribution < -0.4 is 50.7 Å². The summed E-state index contributed by atoms with van der Waals surface area (Å²) in [4.78, 5) is 49.4. The summed E-state index contributed by atoms with van der Waals surface area (Å²) in [6.07, 6.45) is 1.36. The molecular formula is C58H65BrN8O11. The van der Waals surface area contributed by atoms with Gasteiger partial charge in [0.1, 0.15) is 37.0 Å². The monoisotopic (exact) mass is 1130 g/mol. The van der Waals surface area contributed by atoms with Gasteiger partial charge < -0.3 is 70.6 Å². The molecule has 2 atom stereocenters. The van der Waals surface area contributed by atoms with Crippen molar-refractivity contribution in [3.05, 3.63) is 142 Å². The second-order valence-corrected chi connectivity index (χ2v) is 18.9. The highest BCUT2D eigenvalue weighted by molar-refractivity contribution is 9.10. The largest absolute Gasteiger partial charge is 0.493 e. The molecule has 8 aromatic rings. The standard InChI is InChI=1S/C24H26N2O4.C19H27N5O4.C15H12BrNO3/c1-28-21-10-4-5-11-22(21)29-14-13-25-15-17(27)16-30-23-12-6-9-20-24(23)18-7-2-3-8-19(18)26-20;1-24(8-5-7-21-18(25)14-6-4-9-28-14)19-22-13-11-16(27-3)15(26-2)10-12(13)17(20)23-19;16-11-6-4-9(5-7-11)15(20)12-3-1-2-10(14(12)17)8-13(18)19/h2-12,17,25-27H,13-16H2,1H3;10-11,14H,4-9H2,1-3H3,(H,21,25)(H2,20,22,23);1-7H,8,17H2,(H,18,19). The first-order valence-electron chi connectivity index (χ1n) is 25.2. The molecule has 0 spiro atoms. The summed E-state index contributed by atoms with van der Waals surface area (Å²) in [7, 11) is 6.66. The molecule has 0 radical (unpaired) electrons. The lowest BCUT2D eigenvalue weighted by Crippen LogP contribution is -2.36. The number of halogens is 1. The lowest BCUT2D eigenvalue weighted by Gasteiger charge is -2.19. The number of aliphatic hydroxyl groups excluding tert-OH is 1. The Morgan fingerprint density at radius 3 is 2.23 bits per heavy atom. The third-order valence-corrected chi connectivity index (χ3v) is 13.1. The van der Waals surface area contributed by atoms with Crippen LogP contribution in [0.4, 0.5) is 17.5 Å². The number of ether oxygens (including phenoxy) is 6. The Morgan fingerprint density at radius 1 is 0.808 bits per heavy atom. The maximum atomic E-state index is 12.4. The Balaban J connectivity index is 0.000000173. The topological polar surface area (TPSA) is 268 Å². The zero-order valence-corrected chi connectivity index (χ0v) is 45.5. The Morgan fingerprint density at radius 2 is 1.50 bits per heavy atom. The summed E-state index contributed by atoms with van der Waals surface area (Å²) in [6.45, 7) is 3.60. The fraction of sp³-hybridized carbons (Fsp3) is 0.293. The third kappa shape index (κ3) is 15.3. The molecule has 410 valence electrons. The number of methoxy groups -OCH3 is 3. The average molecular weight is 1130 g/mol. The zero-order valence-electron chi connectivity index (χ0n) is 43.9. The molecule has 2 unspecified atom stereocenters. The fourth-order valence-electron chi connectivity index (χ4n) is 8.52. The van der Waals surface area contributed by atoms with E-state index in [0.29, 0.717) is 102 Å². The molecule has 1 fully saturated rings. The van der Waals surface area contributed by atoms with Gasteiger partial charge in [-0.2, -0.15) is 4.98 Å². The number of hydrogen-bond acceptors (Lipinski definition) is 16. The number of carboxylic acids is 1. The molecule has 1 saturated heterocycles. The molecule has 9 N–H and O–H groups in total. The maximum absolute atomic E-state index is 12.4. The van der Waals surface area contributed by atoms with Crippen molar-refractivity contribution >= 4 is 83.8 Å². The van der Waals surface area contributed by atoms with Crippen molar-refractivity contribution in [1.29, 1.82) is 0 Å². The van der Waals surface area contributed by atoms with Crippen LogP contribution in [0.5, 0.6) is 28.7 Å². The van der Waals surface area contributed by atoms with Crippen molar-refractivity contribution < 1.29 is 53.0 Å². The smallest absolute Gasteiger partial charge is 0.307 e. The fourth-order valence-corrected chi connectivity index (χ4v) is 8.79. The van der Waals surface area contributed by atoms with Crippen molar-refractivity contribution in [2.45, 2.75) is 37.9 Å². The van der Waals surface area contributed by atoms with Gasteiger partial charge in [0.05, 0.1) is 38.8 Å². The van der Waals surface area contributed by atoms with E-state index in [1.165, 1.54) is 0 Å². The first-order chi connectivity index (χ1) is 37.8. The van der Waals surface area contributed by atoms with Gasteiger partial charge >= 0.3 is 5.97 Å². The summed E-state index contributed by atoms with van der Waals surface area (Å²) < 4.78 is 33.8. The van der Waals surface area contributed by atoms with Gasteiger partial charge in [-0.15, -0.1) is 0 Å². The van der Waals surface area contributed by atoms with E-state index < -0.39 is 12.1 Å². The lowest BCUT2D eigenvalue weighted by atomic mass is 9.98. The number of ketones is 1. The summed E-state index contributed by atoms with van der Waals surface area (Å²) in [6, 6.07) is 36.9. The average Bonchev–Trinajstić information content (AvgIpc) is 4.19. The van der Waals surface area contributed by atoms with Gasteiger partial charge in [-0.05, 0) is 91.6 Å². The molecule has 78 heavy (non-hydrogen) atoms. The van der Waals surface area contributed by atoms with Gasteiger partial charge in [0.2, 0.25) is 11.9 Å². The second kappa shape index (κ2) is 28.3. The molecular weight excluding hydrogens is 1060 g/mol. The van der Waals surface area contributed by atoms with Crippen LogP contribution in [0.1, 0.15) is 40.7 Å². The van der Waals surface area contributed by atoms with Crippen LogP contribution in [0.15, 0.2) is 126 Å². The number of rotatable bonds is 22. The van der Waals surface area contributed by atoms with Crippen LogP contribution in [-0.4, -0.2) is 129 Å². The summed E-state index contributed by atoms with van der Waals surface area (Å²) in [5.74, 6) is 2.99. The van der Waals surface area contributed by atoms with Crippen LogP contribution in [0, 0.1) is 0 Å². The number of fused-ring (bicyclic) bond motifs is 4. The number of nitrogens with one attached hydrogen (secondary N) is 3. The minimum Gasteiger partial charge on any atom is -0.493 e. The number of amides is 1. The molecule has 1 aliphatic rings. The molecule has 0 saturated carbocycles. The predicted octanol–water partition coefficient (Wildman–Crippen LogP) is 7.98. The number of carboxylic acid groups (broad SMARTS) is 1. The Kier molecular flexibility index (Phi) is 20.9. The van der Waals surface area contributed by atoms with Gasteiger partial charge in [-0.3, -0.25) is 14.4 Å². The minimum absolute atomic E-state index is 0.0348. The number of anilines is 3. The molecule has 6 aromatic carbocycles. The lowest BCUT2D eigenvalue weighted by molar-refractivity contribution is -0.136. The number of aromatic nitrogens is 3. The molecule has 0 aliphatic carbocycles. The number of nitrogens with two attached hydrogens (primary N) is 2. The predicted molar refractivity (Wildman–Crippen MR) is 305 cm³/mol. The summed E-state index contributed by atoms with van der Waals surface area (Å²) in [5, 5.41) is 28.1. The van der Waals surface area contributed by atoms with Crippen LogP contribution in [-0.2, 0) is 20.7 Å². The van der Waals surface area contributed by atoms with Crippen LogP contribution in [0.25, 0.3) is 32.7 Å². The quantitative estimate of drug-likeness (QED) is 0.0193. The Hall–Kier alpha value is -8.17. The Bertz CT molecular complexity index is 3300. The van der Waals surface area contributed by atoms with Gasteiger partial charge in [0.15, 0.2) is 28.8 Å². The number of aliphatic hydroxyl groups is 1. The number of hydrogen-bond donors (Lipinski definition) is 7. The number of benzene rings is 6. The van der Waals surface area contributed by atoms with E-state index in [0.717, 1.165) is 51.3 Å². The molecule has 2 aromatic heterocycles. The molecule has 1 amide bonds. The van der Waals surface area contributed by atoms with E-state index >= 15 is 0 Å². The SMILES string of the molecule is COc1cc2nc(N(C)CCCNC(=O)C3CCCO3)nc(N)c2cc1OC.COc1ccccc1OCCNCC(O)COc1cccc2[nH]c3ccccc3c12.Nc1c(CC(=O)O)cccc1C(=O)c1ccc(Br)cc1. The van der Waals surface area contributed by atoms with E-state index in [9.17, 15) is 19.5 Å². The van der Waals surface area contributed by atoms with Crippen molar-refractivity contribution in [1.82, 2.24) is 25.6 Å². The van der Waals surface area contributed by atoms with Crippen molar-refractivity contribution in [3.8, 4) is 28.7 Å². The van der Waals surface area contributed by atoms with Gasteiger partial charge in [-0.25, -0.2) is 4.98 Å². The van der Waals surface area contributed by atoms with Crippen LogP contribution in [0.3, 0.4) is 0 Å². The molecule has 1 aliphatic heterocycles. The van der Waals surface area contributed by atoms with Crippen molar-refractivity contribution in [2.24, 2.45) is 0 Å². The van der Waals surface area contributed by atoms with Gasteiger partial charge in [0, 0.05) is 88.9 Å². The van der Waals surface area contributed by atoms with Gasteiger partial charge in [-0.1, -0.05) is 64.5 Å². The summed E-state index contributed by atoms with van der Waals surface area (Å²) >= 11 is 3.30. The number of carbonyl (C=O) groups excluding carboxylic acids is 2. The van der Waals surface area contributed by atoms with E-state index in [-0.39, 0.29) is 36.5 Å². The third-order valence-electron chi connectivity index (χ3n) is 12.5. The second-order valence-electron chi connectivity index (χ2n) is 18.0. The number of carbonyl (C=O) groups is 3. The maximum Gasteiger partial charge on any atom is 0.307 e. The highest BCUT2D eigenvalue weighted by Gasteiger charge is 2.23. The van der Waals surface area contributed by atoms with Crippen molar-refractivity contribution in [3.63, 3.8) is 0 Å². The molecule has 20 heteroatoms. The van der Waals surface area contributed by atoms with Crippen molar-refractivity contribution in [2.75, 3.05) is 90.7 Å². The number of nitrogen functional groups attached to an aromatic ring is 2. The van der Waals surface area contributed by atoms with E-state index in [1.54, 1.807) is 75.9 Å². The van der Waals surface area contributed by atoms with Gasteiger partial charge in [0.25, 0.3) is 0 Å². The number of para-hydroxylation sites is 4. The molecule has 3 heterocycles. The summed E-state index contributed by atoms with van der Waals surface area (Å²) in [5.41, 5.74) is 16.3. The first kappa shape index (κ1) is 57.5. The minimum atomic E-state index is -0.982.